The van der Waals surface area contributed by atoms with Crippen molar-refractivity contribution in [1.82, 2.24) is 0 Å². The van der Waals surface area contributed by atoms with Crippen LogP contribution in [0.4, 0.5) is 17.1 Å². The molecular formula is C24H23NO2S. The highest BCUT2D eigenvalue weighted by atomic mass is 32.2. The van der Waals surface area contributed by atoms with Crippen molar-refractivity contribution in [3.05, 3.63) is 76.9 Å². The van der Waals surface area contributed by atoms with Gasteiger partial charge in [-0.3, -0.25) is 0 Å². The first-order chi connectivity index (χ1) is 13.5. The van der Waals surface area contributed by atoms with E-state index in [1.165, 1.54) is 24.0 Å². The molecule has 0 bridgehead atoms. The average Bonchev–Trinajstić information content (AvgIpc) is 2.69. The van der Waals surface area contributed by atoms with Gasteiger partial charge in [0.05, 0.1) is 21.2 Å². The molecule has 0 fully saturated rings. The van der Waals surface area contributed by atoms with Crippen molar-refractivity contribution in [2.75, 3.05) is 4.90 Å². The molecule has 0 saturated heterocycles. The molecular weight excluding hydrogens is 366 g/mol. The van der Waals surface area contributed by atoms with E-state index in [9.17, 15) is 8.42 Å². The van der Waals surface area contributed by atoms with E-state index in [1.54, 1.807) is 12.1 Å². The van der Waals surface area contributed by atoms with Gasteiger partial charge in [-0.2, -0.15) is 0 Å². The van der Waals surface area contributed by atoms with Crippen molar-refractivity contribution in [2.24, 2.45) is 0 Å². The van der Waals surface area contributed by atoms with E-state index in [2.05, 4.69) is 23.1 Å². The van der Waals surface area contributed by atoms with Crippen LogP contribution in [0.3, 0.4) is 0 Å². The number of sulfone groups is 1. The molecule has 0 N–H and O–H groups in total. The van der Waals surface area contributed by atoms with Gasteiger partial charge in [0.1, 0.15) is 0 Å². The summed E-state index contributed by atoms with van der Waals surface area (Å²) in [4.78, 5) is 2.97. The summed E-state index contributed by atoms with van der Waals surface area (Å²) < 4.78 is 26.9. The first kappa shape index (κ1) is 17.5. The summed E-state index contributed by atoms with van der Waals surface area (Å²) in [6.45, 7) is 3.88. The first-order valence-corrected chi connectivity index (χ1v) is 11.3. The largest absolute Gasteiger partial charge is 0.308 e. The molecule has 3 nitrogen and oxygen atoms in total. The monoisotopic (exact) mass is 389 g/mol. The Hall–Kier alpha value is -2.59. The van der Waals surface area contributed by atoms with Gasteiger partial charge in [0.15, 0.2) is 0 Å². The van der Waals surface area contributed by atoms with Gasteiger partial charge in [-0.25, -0.2) is 8.42 Å². The normalized spacial score (nSPS) is 16.9. The summed E-state index contributed by atoms with van der Waals surface area (Å²) in [5.74, 6) is 0. The lowest BCUT2D eigenvalue weighted by molar-refractivity contribution is 0.594. The Labute approximate surface area is 166 Å². The minimum Gasteiger partial charge on any atom is -0.308 e. The fourth-order valence-electron chi connectivity index (χ4n) is 4.52. The van der Waals surface area contributed by atoms with E-state index in [0.717, 1.165) is 41.0 Å². The molecule has 1 heterocycles. The summed E-state index contributed by atoms with van der Waals surface area (Å²) in [5, 5.41) is 0. The highest BCUT2D eigenvalue weighted by molar-refractivity contribution is 7.92. The molecule has 5 rings (SSSR count). The van der Waals surface area contributed by atoms with Crippen molar-refractivity contribution in [3.63, 3.8) is 0 Å². The van der Waals surface area contributed by atoms with Crippen LogP contribution in [0.2, 0.25) is 0 Å². The zero-order valence-corrected chi connectivity index (χ0v) is 17.0. The van der Waals surface area contributed by atoms with E-state index in [-0.39, 0.29) is 0 Å². The minimum atomic E-state index is -3.55. The van der Waals surface area contributed by atoms with Crippen LogP contribution in [0, 0.1) is 13.8 Å². The second kappa shape index (κ2) is 6.21. The van der Waals surface area contributed by atoms with Crippen LogP contribution >= 0.6 is 0 Å². The lowest BCUT2D eigenvalue weighted by Gasteiger charge is -2.35. The fraction of sp³-hybridized carbons (Fsp3) is 0.250. The van der Waals surface area contributed by atoms with Crippen molar-refractivity contribution in [2.45, 2.75) is 49.3 Å². The number of fused-ring (bicyclic) bond motifs is 3. The summed E-state index contributed by atoms with van der Waals surface area (Å²) in [5.41, 5.74) is 7.26. The number of hydrogen-bond acceptors (Lipinski definition) is 3. The Morgan fingerprint density at radius 1 is 0.750 bits per heavy atom. The SMILES string of the molecule is Cc1ccc2c(c1)S(=O)(=O)c1cc(C)ccc1N2c1cccc2c1CCCC2. The van der Waals surface area contributed by atoms with E-state index in [4.69, 9.17) is 0 Å². The van der Waals surface area contributed by atoms with Crippen molar-refractivity contribution in [3.8, 4) is 0 Å². The predicted molar refractivity (Wildman–Crippen MR) is 113 cm³/mol. The van der Waals surface area contributed by atoms with Crippen LogP contribution in [0.5, 0.6) is 0 Å². The quantitative estimate of drug-likeness (QED) is 0.413. The average molecular weight is 390 g/mol. The molecule has 0 aromatic heterocycles. The minimum absolute atomic E-state index is 0.402. The van der Waals surface area contributed by atoms with Crippen LogP contribution in [0.25, 0.3) is 0 Å². The van der Waals surface area contributed by atoms with E-state index < -0.39 is 9.84 Å². The topological polar surface area (TPSA) is 37.4 Å². The lowest BCUT2D eigenvalue weighted by Crippen LogP contribution is -2.24. The third-order valence-electron chi connectivity index (χ3n) is 5.90. The van der Waals surface area contributed by atoms with Gasteiger partial charge in [0.25, 0.3) is 0 Å². The van der Waals surface area contributed by atoms with Crippen LogP contribution < -0.4 is 4.90 Å². The van der Waals surface area contributed by atoms with Crippen molar-refractivity contribution in [1.29, 1.82) is 0 Å². The molecule has 0 saturated carbocycles. The van der Waals surface area contributed by atoms with E-state index in [0.29, 0.717) is 9.79 Å². The van der Waals surface area contributed by atoms with Crippen LogP contribution in [0.1, 0.15) is 35.1 Å². The maximum Gasteiger partial charge on any atom is 0.210 e. The molecule has 142 valence electrons. The van der Waals surface area contributed by atoms with Crippen LogP contribution in [-0.2, 0) is 22.7 Å². The summed E-state index contributed by atoms with van der Waals surface area (Å²) >= 11 is 0. The standard InChI is InChI=1S/C24H23NO2S/c1-16-10-12-21-23(14-16)28(26,27)24-15-17(2)11-13-22(24)25(21)20-9-5-7-18-6-3-4-8-19(18)20/h5,7,9-15H,3-4,6,8H2,1-2H3. The highest BCUT2D eigenvalue weighted by Crippen LogP contribution is 2.50. The molecule has 1 aliphatic carbocycles. The number of rotatable bonds is 1. The Kier molecular flexibility index (Phi) is 3.88. The Morgan fingerprint density at radius 2 is 1.36 bits per heavy atom. The number of hydrogen-bond donors (Lipinski definition) is 0. The molecule has 0 spiro atoms. The molecule has 28 heavy (non-hydrogen) atoms. The van der Waals surface area contributed by atoms with Crippen LogP contribution in [-0.4, -0.2) is 8.42 Å². The molecule has 1 aliphatic heterocycles. The fourth-order valence-corrected chi connectivity index (χ4v) is 6.31. The number of aryl methyl sites for hydroxylation is 3. The summed E-state index contributed by atoms with van der Waals surface area (Å²) in [7, 11) is -3.55. The second-order valence-electron chi connectivity index (χ2n) is 7.90. The third-order valence-corrected chi connectivity index (χ3v) is 7.72. The number of nitrogens with zero attached hydrogens (tertiary/aromatic N) is 1. The highest BCUT2D eigenvalue weighted by Gasteiger charge is 2.36. The Balaban J connectivity index is 1.86. The molecule has 3 aromatic rings. The molecule has 2 aliphatic rings. The Bertz CT molecular complexity index is 1150. The number of anilines is 3. The van der Waals surface area contributed by atoms with Crippen LogP contribution in [0.15, 0.2) is 64.4 Å². The number of benzene rings is 3. The Morgan fingerprint density at radius 3 is 2.00 bits per heavy atom. The smallest absolute Gasteiger partial charge is 0.210 e. The molecule has 4 heteroatoms. The van der Waals surface area contributed by atoms with Gasteiger partial charge in [-0.1, -0.05) is 24.3 Å². The summed E-state index contributed by atoms with van der Waals surface area (Å²) in [6.07, 6.45) is 4.53. The molecule has 0 atom stereocenters. The third kappa shape index (κ3) is 2.51. The first-order valence-electron chi connectivity index (χ1n) is 9.84. The van der Waals surface area contributed by atoms with Gasteiger partial charge in [0, 0.05) is 5.69 Å². The van der Waals surface area contributed by atoms with Gasteiger partial charge in [-0.05, 0) is 92.1 Å². The van der Waals surface area contributed by atoms with Gasteiger partial charge in [-0.15, -0.1) is 0 Å². The molecule has 0 unspecified atom stereocenters. The zero-order valence-electron chi connectivity index (χ0n) is 16.2. The maximum absolute atomic E-state index is 13.4. The molecule has 3 aromatic carbocycles. The summed E-state index contributed by atoms with van der Waals surface area (Å²) in [6, 6.07) is 18.0. The second-order valence-corrected chi connectivity index (χ2v) is 9.79. The van der Waals surface area contributed by atoms with Gasteiger partial charge in [0.2, 0.25) is 9.84 Å². The van der Waals surface area contributed by atoms with Gasteiger partial charge < -0.3 is 4.90 Å². The predicted octanol–water partition coefficient (Wildman–Crippen LogP) is 5.80. The zero-order chi connectivity index (χ0) is 19.5. The van der Waals surface area contributed by atoms with E-state index in [1.807, 2.05) is 38.1 Å². The molecule has 0 radical (unpaired) electrons. The van der Waals surface area contributed by atoms with Crippen molar-refractivity contribution >= 4 is 26.9 Å². The molecule has 0 amide bonds. The lowest BCUT2D eigenvalue weighted by atomic mass is 9.89. The maximum atomic E-state index is 13.4. The van der Waals surface area contributed by atoms with E-state index >= 15 is 0 Å². The van der Waals surface area contributed by atoms with Crippen molar-refractivity contribution < 1.29 is 8.42 Å². The van der Waals surface area contributed by atoms with Gasteiger partial charge >= 0.3 is 0 Å².